The van der Waals surface area contributed by atoms with E-state index in [1.807, 2.05) is 0 Å². The zero-order chi connectivity index (χ0) is 16.3. The van der Waals surface area contributed by atoms with E-state index in [4.69, 9.17) is 16.3 Å². The minimum atomic E-state index is -0.683. The van der Waals surface area contributed by atoms with Crippen LogP contribution in [0.5, 0.6) is 0 Å². The van der Waals surface area contributed by atoms with Crippen molar-refractivity contribution >= 4 is 34.7 Å². The van der Waals surface area contributed by atoms with Gasteiger partial charge in [-0.25, -0.2) is 9.31 Å². The Hall–Kier alpha value is -2.08. The van der Waals surface area contributed by atoms with Gasteiger partial charge < -0.3 is 10.1 Å². The predicted molar refractivity (Wildman–Crippen MR) is 84.3 cm³/mol. The number of hydrogen-bond acceptors (Lipinski definition) is 4. The highest BCUT2D eigenvalue weighted by atomic mass is 35.5. The van der Waals surface area contributed by atoms with Crippen LogP contribution in [0.4, 0.5) is 5.69 Å². The Balaban J connectivity index is 2.32. The van der Waals surface area contributed by atoms with Crippen molar-refractivity contribution in [1.82, 2.24) is 9.61 Å². The van der Waals surface area contributed by atoms with Crippen LogP contribution in [0.3, 0.4) is 0 Å². The van der Waals surface area contributed by atoms with Gasteiger partial charge in [-0.3, -0.25) is 4.79 Å². The molecule has 0 aliphatic rings. The molecule has 2 rings (SSSR count). The smallest absolute Gasteiger partial charge is 0.341 e. The van der Waals surface area contributed by atoms with Crippen LogP contribution in [0.2, 0.25) is 0 Å². The highest BCUT2D eigenvalue weighted by Crippen LogP contribution is 2.22. The number of nitrogens with zero attached hydrogens (tertiary/aromatic N) is 2. The number of anilines is 1. The number of nitrogens with one attached hydrogen (secondary N) is 1. The quantitative estimate of drug-likeness (QED) is 0.678. The third kappa shape index (κ3) is 3.22. The van der Waals surface area contributed by atoms with Crippen LogP contribution in [-0.4, -0.2) is 34.0 Å². The summed E-state index contributed by atoms with van der Waals surface area (Å²) in [5.41, 5.74) is 0.814. The fourth-order valence-corrected chi connectivity index (χ4v) is 1.91. The Bertz CT molecular complexity index is 709. The van der Waals surface area contributed by atoms with Crippen molar-refractivity contribution < 1.29 is 14.3 Å². The van der Waals surface area contributed by atoms with Crippen LogP contribution in [0.1, 0.15) is 31.1 Å². The van der Waals surface area contributed by atoms with E-state index >= 15 is 0 Å². The van der Waals surface area contributed by atoms with Crippen LogP contribution in [0.15, 0.2) is 24.5 Å². The Morgan fingerprint density at radius 2 is 2.18 bits per heavy atom. The summed E-state index contributed by atoms with van der Waals surface area (Å²) in [7, 11) is 0. The van der Waals surface area contributed by atoms with Crippen molar-refractivity contribution in [3.05, 3.63) is 30.1 Å². The van der Waals surface area contributed by atoms with Gasteiger partial charge >= 0.3 is 5.97 Å². The molecule has 0 unspecified atom stereocenters. The Kier molecular flexibility index (Phi) is 4.71. The van der Waals surface area contributed by atoms with Gasteiger partial charge in [-0.2, -0.15) is 5.10 Å². The minimum Gasteiger partial charge on any atom is -0.462 e. The number of halogens is 1. The molecule has 6 nitrogen and oxygen atoms in total. The third-order valence-electron chi connectivity index (χ3n) is 3.22. The van der Waals surface area contributed by atoms with Gasteiger partial charge in [0.1, 0.15) is 5.56 Å². The van der Waals surface area contributed by atoms with Gasteiger partial charge in [-0.05, 0) is 32.9 Å². The molecule has 0 fully saturated rings. The second-order valence-electron chi connectivity index (χ2n) is 5.50. The second-order valence-corrected chi connectivity index (χ2v) is 5.76. The number of amides is 1. The summed E-state index contributed by atoms with van der Waals surface area (Å²) in [5, 5.41) is 6.89. The fraction of sp³-hybridized carbons (Fsp3) is 0.400. The van der Waals surface area contributed by atoms with Crippen LogP contribution < -0.4 is 5.32 Å². The van der Waals surface area contributed by atoms with Crippen LogP contribution in [0.25, 0.3) is 5.52 Å². The van der Waals surface area contributed by atoms with Crippen molar-refractivity contribution in [2.24, 2.45) is 5.41 Å². The molecular weight excluding hydrogens is 306 g/mol. The fourth-order valence-electron chi connectivity index (χ4n) is 1.79. The van der Waals surface area contributed by atoms with E-state index in [2.05, 4.69) is 10.4 Å². The predicted octanol–water partition coefficient (Wildman–Crippen LogP) is 2.71. The minimum absolute atomic E-state index is 0.191. The van der Waals surface area contributed by atoms with Gasteiger partial charge in [-0.15, -0.1) is 11.6 Å². The van der Waals surface area contributed by atoms with Crippen molar-refractivity contribution in [2.75, 3.05) is 17.8 Å². The number of ether oxygens (including phenoxy) is 1. The molecule has 0 aliphatic carbocycles. The maximum Gasteiger partial charge on any atom is 0.341 e. The molecule has 2 heterocycles. The van der Waals surface area contributed by atoms with Gasteiger partial charge in [0, 0.05) is 17.8 Å². The zero-order valence-electron chi connectivity index (χ0n) is 12.7. The summed E-state index contributed by atoms with van der Waals surface area (Å²) >= 11 is 5.80. The van der Waals surface area contributed by atoms with Gasteiger partial charge in [0.25, 0.3) is 0 Å². The zero-order valence-corrected chi connectivity index (χ0v) is 13.5. The highest BCUT2D eigenvalue weighted by molar-refractivity contribution is 6.20. The average molecular weight is 324 g/mol. The molecule has 0 saturated heterocycles. The van der Waals surface area contributed by atoms with E-state index in [9.17, 15) is 9.59 Å². The number of fused-ring (bicyclic) bond motifs is 1. The first-order valence-electron chi connectivity index (χ1n) is 6.91. The number of pyridine rings is 1. The van der Waals surface area contributed by atoms with Crippen molar-refractivity contribution in [1.29, 1.82) is 0 Å². The summed E-state index contributed by atoms with van der Waals surface area (Å²) < 4.78 is 6.54. The first-order chi connectivity index (χ1) is 10.4. The van der Waals surface area contributed by atoms with Crippen LogP contribution in [-0.2, 0) is 9.53 Å². The van der Waals surface area contributed by atoms with Gasteiger partial charge in [-0.1, -0.05) is 0 Å². The summed E-state index contributed by atoms with van der Waals surface area (Å²) in [4.78, 5) is 24.0. The maximum atomic E-state index is 12.2. The molecule has 0 saturated carbocycles. The largest absolute Gasteiger partial charge is 0.462 e. The van der Waals surface area contributed by atoms with Gasteiger partial charge in [0.15, 0.2) is 0 Å². The average Bonchev–Trinajstić information content (AvgIpc) is 2.90. The van der Waals surface area contributed by atoms with E-state index in [0.717, 1.165) is 0 Å². The van der Waals surface area contributed by atoms with E-state index in [1.54, 1.807) is 43.6 Å². The molecule has 7 heteroatoms. The number of hydrogen-bond donors (Lipinski definition) is 1. The monoisotopic (exact) mass is 323 g/mol. The third-order valence-corrected chi connectivity index (χ3v) is 3.89. The molecule has 2 aromatic heterocycles. The Morgan fingerprint density at radius 3 is 2.82 bits per heavy atom. The van der Waals surface area contributed by atoms with Crippen LogP contribution in [0, 0.1) is 5.41 Å². The first-order valence-corrected chi connectivity index (χ1v) is 7.44. The molecule has 118 valence electrons. The lowest BCUT2D eigenvalue weighted by molar-refractivity contribution is -0.122. The molecule has 2 aromatic rings. The lowest BCUT2D eigenvalue weighted by atomic mass is 9.95. The van der Waals surface area contributed by atoms with E-state index in [0.29, 0.717) is 16.8 Å². The summed E-state index contributed by atoms with van der Waals surface area (Å²) in [6.45, 7) is 5.55. The summed E-state index contributed by atoms with van der Waals surface area (Å²) in [6, 6.07) is 3.39. The molecule has 0 atom stereocenters. The first kappa shape index (κ1) is 16.3. The number of rotatable bonds is 5. The normalized spacial score (nSPS) is 11.5. The molecule has 0 bridgehead atoms. The number of carbonyl (C=O) groups excluding carboxylic acids is 2. The number of esters is 1. The molecule has 22 heavy (non-hydrogen) atoms. The lowest BCUT2D eigenvalue weighted by Crippen LogP contribution is -2.32. The van der Waals surface area contributed by atoms with Gasteiger partial charge in [0.05, 0.1) is 23.7 Å². The number of carbonyl (C=O) groups is 2. The number of alkyl halides is 1. The summed E-state index contributed by atoms with van der Waals surface area (Å²) in [6.07, 6.45) is 3.11. The van der Waals surface area contributed by atoms with E-state index in [1.165, 1.54) is 6.20 Å². The lowest BCUT2D eigenvalue weighted by Gasteiger charge is -2.20. The van der Waals surface area contributed by atoms with E-state index in [-0.39, 0.29) is 18.4 Å². The Labute approximate surface area is 133 Å². The van der Waals surface area contributed by atoms with Crippen molar-refractivity contribution in [3.63, 3.8) is 0 Å². The molecule has 0 aliphatic heterocycles. The molecule has 1 amide bonds. The van der Waals surface area contributed by atoms with E-state index < -0.39 is 11.4 Å². The van der Waals surface area contributed by atoms with Crippen LogP contribution >= 0.6 is 11.6 Å². The maximum absolute atomic E-state index is 12.2. The molecular formula is C15H18ClN3O3. The van der Waals surface area contributed by atoms with Crippen molar-refractivity contribution in [2.45, 2.75) is 20.8 Å². The number of aromatic nitrogens is 2. The molecule has 1 N–H and O–H groups in total. The molecule has 0 radical (unpaired) electrons. The molecule has 0 spiro atoms. The van der Waals surface area contributed by atoms with Gasteiger partial charge in [0.2, 0.25) is 5.91 Å². The second kappa shape index (κ2) is 6.36. The Morgan fingerprint density at radius 1 is 1.45 bits per heavy atom. The molecule has 0 aromatic carbocycles. The standard InChI is InChI=1S/C15H18ClN3O3/c1-4-22-13(20)11-8-17-19-6-5-10(7-12(11)19)18-14(21)15(2,3)9-16/h5-8H,4,9H2,1-3H3,(H,18,21). The highest BCUT2D eigenvalue weighted by Gasteiger charge is 2.26. The topological polar surface area (TPSA) is 72.7 Å². The SMILES string of the molecule is CCOC(=O)c1cnn2ccc(NC(=O)C(C)(C)CCl)cc12. The summed E-state index contributed by atoms with van der Waals surface area (Å²) in [5.74, 6) is -0.423. The van der Waals surface area contributed by atoms with Crippen molar-refractivity contribution in [3.8, 4) is 0 Å².